The second-order valence-electron chi connectivity index (χ2n) is 8.40. The van der Waals surface area contributed by atoms with Gasteiger partial charge in [0, 0.05) is 29.8 Å². The minimum atomic E-state index is -3.69. The molecule has 178 valence electrons. The molecule has 0 spiro atoms. The number of anilines is 1. The first-order chi connectivity index (χ1) is 16.8. The summed E-state index contributed by atoms with van der Waals surface area (Å²) in [5.74, 6) is -0.753. The zero-order chi connectivity index (χ0) is 24.7. The molecule has 4 aromatic rings. The van der Waals surface area contributed by atoms with Crippen LogP contribution in [0.15, 0.2) is 65.7 Å². The highest BCUT2D eigenvalue weighted by molar-refractivity contribution is 7.92. The van der Waals surface area contributed by atoms with Crippen LogP contribution >= 0.6 is 0 Å². The molecule has 10 heteroatoms. The van der Waals surface area contributed by atoms with Crippen molar-refractivity contribution in [3.05, 3.63) is 77.6 Å². The molecule has 0 bridgehead atoms. The van der Waals surface area contributed by atoms with Crippen LogP contribution in [-0.2, 0) is 16.3 Å². The van der Waals surface area contributed by atoms with Crippen LogP contribution < -0.4 is 9.64 Å². The minimum Gasteiger partial charge on any atom is -0.491 e. The zero-order valence-corrected chi connectivity index (χ0v) is 19.9. The van der Waals surface area contributed by atoms with E-state index in [-0.39, 0.29) is 34.2 Å². The van der Waals surface area contributed by atoms with Crippen molar-refractivity contribution < 1.29 is 22.7 Å². The summed E-state index contributed by atoms with van der Waals surface area (Å²) in [5, 5.41) is 6.67. The van der Waals surface area contributed by atoms with Crippen LogP contribution in [0.3, 0.4) is 0 Å². The van der Waals surface area contributed by atoms with Crippen molar-refractivity contribution in [2.75, 3.05) is 11.5 Å². The number of aromatic nitrogens is 3. The van der Waals surface area contributed by atoms with Crippen molar-refractivity contribution in [1.82, 2.24) is 15.2 Å². The lowest BCUT2D eigenvalue weighted by atomic mass is 10.1. The largest absolute Gasteiger partial charge is 0.491 e. The van der Waals surface area contributed by atoms with Crippen LogP contribution in [0.4, 0.5) is 5.82 Å². The number of nitrogens with one attached hydrogen (secondary N) is 1. The van der Waals surface area contributed by atoms with Crippen molar-refractivity contribution in [3.63, 3.8) is 0 Å². The van der Waals surface area contributed by atoms with Crippen molar-refractivity contribution in [2.24, 2.45) is 0 Å². The maximum atomic E-state index is 13.0. The Labute approximate surface area is 201 Å². The second kappa shape index (κ2) is 8.62. The predicted octanol–water partition coefficient (Wildman–Crippen LogP) is 3.56. The molecule has 9 nitrogen and oxygen atoms in total. The molecular formula is C25H22N4O5S. The van der Waals surface area contributed by atoms with E-state index < -0.39 is 26.9 Å². The Kier molecular flexibility index (Phi) is 5.60. The molecule has 1 aliphatic heterocycles. The molecule has 0 saturated carbocycles. The second-order valence-corrected chi connectivity index (χ2v) is 10.9. The van der Waals surface area contributed by atoms with Gasteiger partial charge in [-0.05, 0) is 44.2 Å². The molecule has 0 unspecified atom stereocenters. The Morgan fingerprint density at radius 2 is 1.69 bits per heavy atom. The fraction of sp³-hybridized carbons (Fsp3) is 0.200. The van der Waals surface area contributed by atoms with E-state index in [4.69, 9.17) is 4.74 Å². The Balaban J connectivity index is 1.59. The molecule has 0 fully saturated rings. The van der Waals surface area contributed by atoms with Crippen molar-refractivity contribution >= 4 is 38.4 Å². The van der Waals surface area contributed by atoms with Crippen molar-refractivity contribution in [1.29, 1.82) is 0 Å². The topological polar surface area (TPSA) is 122 Å². The van der Waals surface area contributed by atoms with Gasteiger partial charge >= 0.3 is 0 Å². The number of aromatic amines is 1. The molecule has 35 heavy (non-hydrogen) atoms. The number of nitrogens with zero attached hydrogens (tertiary/aromatic N) is 3. The van der Waals surface area contributed by atoms with E-state index in [2.05, 4.69) is 15.2 Å². The van der Waals surface area contributed by atoms with Crippen LogP contribution in [0.2, 0.25) is 0 Å². The highest BCUT2D eigenvalue weighted by Gasteiger charge is 2.39. The molecule has 5 rings (SSSR count). The molecule has 0 aliphatic carbocycles. The van der Waals surface area contributed by atoms with Gasteiger partial charge in [0.15, 0.2) is 15.7 Å². The van der Waals surface area contributed by atoms with E-state index in [9.17, 15) is 18.0 Å². The van der Waals surface area contributed by atoms with Gasteiger partial charge in [0.1, 0.15) is 11.3 Å². The predicted molar refractivity (Wildman–Crippen MR) is 129 cm³/mol. The number of hydrogen-bond donors (Lipinski definition) is 1. The summed E-state index contributed by atoms with van der Waals surface area (Å²) < 4.78 is 32.0. The van der Waals surface area contributed by atoms with Crippen LogP contribution in [0.5, 0.6) is 5.75 Å². The fourth-order valence-electron chi connectivity index (χ4n) is 3.96. The lowest BCUT2D eigenvalue weighted by Crippen LogP contribution is -2.29. The van der Waals surface area contributed by atoms with Crippen LogP contribution in [0.25, 0.3) is 10.9 Å². The summed E-state index contributed by atoms with van der Waals surface area (Å²) >= 11 is 0. The quantitative estimate of drug-likeness (QED) is 0.393. The Morgan fingerprint density at radius 1 is 1.00 bits per heavy atom. The molecule has 2 amide bonds. The summed E-state index contributed by atoms with van der Waals surface area (Å²) in [6.07, 6.45) is 2.19. The number of rotatable bonds is 7. The lowest BCUT2D eigenvalue weighted by Gasteiger charge is -2.14. The van der Waals surface area contributed by atoms with Crippen LogP contribution in [0, 0.1) is 0 Å². The molecule has 0 atom stereocenters. The Morgan fingerprint density at radius 3 is 2.31 bits per heavy atom. The summed E-state index contributed by atoms with van der Waals surface area (Å²) in [7, 11) is -3.69. The number of H-pyrrole nitrogens is 1. The molecule has 0 radical (unpaired) electrons. The summed E-state index contributed by atoms with van der Waals surface area (Å²) in [6, 6.07) is 14.9. The standard InChI is InChI=1S/C25H22N4O5S/c1-15(2)35(32,33)17-13-20-22(21(14-17)34-12-10-16-7-5-6-11-26-16)27-28-23(20)29-24(30)18-8-3-4-9-19(18)25(29)31/h3-9,11,13-15H,10,12H2,1-2H3,(H,27,28). The number of benzene rings is 2. The Hall–Kier alpha value is -4.05. The maximum Gasteiger partial charge on any atom is 0.267 e. The molecular weight excluding hydrogens is 468 g/mol. The maximum absolute atomic E-state index is 13.0. The first kappa shape index (κ1) is 22.7. The van der Waals surface area contributed by atoms with E-state index in [1.165, 1.54) is 12.1 Å². The van der Waals surface area contributed by atoms with Gasteiger partial charge in [-0.1, -0.05) is 18.2 Å². The number of carbonyl (C=O) groups excluding carboxylic acids is 2. The Bertz CT molecular complexity index is 1530. The highest BCUT2D eigenvalue weighted by Crippen LogP contribution is 2.37. The third kappa shape index (κ3) is 3.85. The average molecular weight is 491 g/mol. The molecule has 3 heterocycles. The van der Waals surface area contributed by atoms with Crippen molar-refractivity contribution in [3.8, 4) is 5.75 Å². The molecule has 1 N–H and O–H groups in total. The monoisotopic (exact) mass is 490 g/mol. The number of hydrogen-bond acceptors (Lipinski definition) is 7. The van der Waals surface area contributed by atoms with Gasteiger partial charge in [-0.15, -0.1) is 0 Å². The van der Waals surface area contributed by atoms with Gasteiger partial charge in [-0.3, -0.25) is 19.7 Å². The van der Waals surface area contributed by atoms with Gasteiger partial charge in [0.25, 0.3) is 11.8 Å². The number of sulfone groups is 1. The fourth-order valence-corrected chi connectivity index (χ4v) is 5.06. The lowest BCUT2D eigenvalue weighted by molar-refractivity contribution is 0.0925. The van der Waals surface area contributed by atoms with E-state index in [1.807, 2.05) is 18.2 Å². The van der Waals surface area contributed by atoms with E-state index in [0.717, 1.165) is 10.6 Å². The first-order valence-corrected chi connectivity index (χ1v) is 12.6. The number of fused-ring (bicyclic) bond motifs is 2. The van der Waals surface area contributed by atoms with E-state index in [0.29, 0.717) is 17.3 Å². The number of amides is 2. The minimum absolute atomic E-state index is 0.0205. The number of imide groups is 1. The van der Waals surface area contributed by atoms with Gasteiger partial charge in [-0.25, -0.2) is 13.3 Å². The highest BCUT2D eigenvalue weighted by atomic mass is 32.2. The number of ether oxygens (including phenoxy) is 1. The third-order valence-corrected chi connectivity index (χ3v) is 8.02. The summed E-state index contributed by atoms with van der Waals surface area (Å²) in [5.41, 5.74) is 1.75. The van der Waals surface area contributed by atoms with Crippen LogP contribution in [0.1, 0.15) is 40.3 Å². The van der Waals surface area contributed by atoms with E-state index in [1.54, 1.807) is 44.3 Å². The summed E-state index contributed by atoms with van der Waals surface area (Å²) in [4.78, 5) is 31.3. The number of pyridine rings is 1. The molecule has 2 aromatic carbocycles. The molecule has 0 saturated heterocycles. The SMILES string of the molecule is CC(C)S(=O)(=O)c1cc(OCCc2ccccn2)c2[nH]nc(N3C(=O)c4ccccc4C3=O)c2c1. The normalized spacial score (nSPS) is 13.6. The van der Waals surface area contributed by atoms with Gasteiger partial charge in [0.2, 0.25) is 0 Å². The first-order valence-electron chi connectivity index (χ1n) is 11.1. The van der Waals surface area contributed by atoms with E-state index >= 15 is 0 Å². The molecule has 2 aromatic heterocycles. The zero-order valence-electron chi connectivity index (χ0n) is 19.1. The van der Waals surface area contributed by atoms with Gasteiger partial charge in [0.05, 0.1) is 27.9 Å². The van der Waals surface area contributed by atoms with Crippen LogP contribution in [-0.4, -0.2) is 47.3 Å². The molecule has 1 aliphatic rings. The summed E-state index contributed by atoms with van der Waals surface area (Å²) in [6.45, 7) is 3.40. The number of carbonyl (C=O) groups is 2. The van der Waals surface area contributed by atoms with Crippen molar-refractivity contribution in [2.45, 2.75) is 30.4 Å². The average Bonchev–Trinajstić information content (AvgIpc) is 3.38. The third-order valence-electron chi connectivity index (χ3n) is 5.89. The van der Waals surface area contributed by atoms with Gasteiger partial charge < -0.3 is 4.74 Å². The van der Waals surface area contributed by atoms with Gasteiger partial charge in [-0.2, -0.15) is 5.10 Å². The smallest absolute Gasteiger partial charge is 0.267 e.